The quantitative estimate of drug-likeness (QED) is 0.0777. The third-order valence-electron chi connectivity index (χ3n) is 9.62. The molecule has 0 aliphatic rings. The van der Waals surface area contributed by atoms with E-state index in [0.717, 1.165) is 57.6 Å². The van der Waals surface area contributed by atoms with E-state index in [2.05, 4.69) is 30.8 Å². The monoisotopic (exact) mass is 930 g/mol. The molecule has 12 nitrogen and oxygen atoms in total. The number of aromatic nitrogens is 8. The van der Waals surface area contributed by atoms with Gasteiger partial charge >= 0.3 is 19.5 Å². The molecule has 0 amide bonds. The van der Waals surface area contributed by atoms with E-state index in [1.807, 2.05) is 48.5 Å². The van der Waals surface area contributed by atoms with Gasteiger partial charge in [0.15, 0.2) is 0 Å². The molecule has 0 spiro atoms. The molecule has 346 valence electrons. The largest absolute Gasteiger partial charge is 0.492 e. The third-order valence-corrected chi connectivity index (χ3v) is 9.62. The van der Waals surface area contributed by atoms with E-state index < -0.39 is 30.6 Å². The average Bonchev–Trinajstić information content (AvgIpc) is 3.98. The van der Waals surface area contributed by atoms with Crippen molar-refractivity contribution in [2.75, 3.05) is 13.2 Å². The van der Waals surface area contributed by atoms with Gasteiger partial charge in [0.1, 0.15) is 24.0 Å². The zero-order chi connectivity index (χ0) is 48.0. The van der Waals surface area contributed by atoms with Gasteiger partial charge in [-0.2, -0.15) is 35.9 Å². The second kappa shape index (κ2) is 22.7. The summed E-state index contributed by atoms with van der Waals surface area (Å²) in [7, 11) is -1.51. The Morgan fingerprint density at radius 2 is 0.940 bits per heavy atom. The predicted octanol–water partition coefficient (Wildman–Crippen LogP) is 7.62. The lowest BCUT2D eigenvalue weighted by Gasteiger charge is -2.09. The highest BCUT2D eigenvalue weighted by molar-refractivity contribution is 6.58. The number of halogens is 8. The Kier molecular flexibility index (Phi) is 16.6. The molecule has 0 bridgehead atoms. The van der Waals surface area contributed by atoms with Gasteiger partial charge in [0.05, 0.1) is 30.8 Å². The third kappa shape index (κ3) is 14.6. The number of ether oxygens (including phenoxy) is 1. The van der Waals surface area contributed by atoms with Crippen LogP contribution < -0.4 is 10.2 Å². The molecule has 0 radical (unpaired) electrons. The zero-order valence-electron chi connectivity index (χ0n) is 35.0. The summed E-state index contributed by atoms with van der Waals surface area (Å²) in [6.07, 6.45) is -7.83. The number of tetrazole rings is 2. The van der Waals surface area contributed by atoms with Gasteiger partial charge in [-0.05, 0) is 112 Å². The fourth-order valence-electron chi connectivity index (χ4n) is 6.24. The Hall–Kier alpha value is -7.36. The lowest BCUT2D eigenvalue weighted by atomic mass is 9.80. The van der Waals surface area contributed by atoms with Crippen LogP contribution in [0.5, 0.6) is 5.75 Å². The van der Waals surface area contributed by atoms with E-state index in [1.54, 1.807) is 0 Å². The van der Waals surface area contributed by atoms with Gasteiger partial charge in [0.25, 0.3) is 0 Å². The summed E-state index contributed by atoms with van der Waals surface area (Å²) in [5.74, 6) is 0.637. The average molecular weight is 931 g/mol. The van der Waals surface area contributed by atoms with Crippen LogP contribution in [0.3, 0.4) is 0 Å². The molecule has 6 aromatic carbocycles. The van der Waals surface area contributed by atoms with Crippen molar-refractivity contribution in [1.82, 2.24) is 40.4 Å². The van der Waals surface area contributed by atoms with Crippen molar-refractivity contribution in [2.24, 2.45) is 0 Å². The summed E-state index contributed by atoms with van der Waals surface area (Å²) in [6, 6.07) is 35.7. The van der Waals surface area contributed by atoms with Crippen molar-refractivity contribution >= 4 is 12.6 Å². The minimum absolute atomic E-state index is 0.0942. The summed E-state index contributed by atoms with van der Waals surface area (Å²) in [6.45, 7) is 0.761. The lowest BCUT2D eigenvalue weighted by molar-refractivity contribution is -0.138. The molecule has 0 saturated carbocycles. The Bertz CT molecular complexity index is 2770. The molecule has 0 aliphatic heterocycles. The van der Waals surface area contributed by atoms with Crippen LogP contribution in [0.25, 0.3) is 22.8 Å². The Morgan fingerprint density at radius 3 is 1.36 bits per heavy atom. The van der Waals surface area contributed by atoms with Gasteiger partial charge in [-0.15, -0.1) is 20.4 Å². The number of rotatable bonds is 13. The van der Waals surface area contributed by atoms with Crippen LogP contribution in [0.1, 0.15) is 33.4 Å². The van der Waals surface area contributed by atoms with Crippen LogP contribution in [-0.2, 0) is 38.3 Å². The molecule has 0 unspecified atom stereocenters. The molecule has 0 saturated heterocycles. The molecule has 8 rings (SSSR count). The summed E-state index contributed by atoms with van der Waals surface area (Å²) in [5, 5.41) is 50.6. The second-order valence-electron chi connectivity index (χ2n) is 14.4. The van der Waals surface area contributed by atoms with Crippen molar-refractivity contribution in [3.8, 4) is 28.5 Å². The molecule has 2 aromatic heterocycles. The van der Waals surface area contributed by atoms with Crippen molar-refractivity contribution in [1.29, 1.82) is 0 Å². The van der Waals surface area contributed by atoms with Crippen molar-refractivity contribution in [2.45, 2.75) is 38.3 Å². The van der Waals surface area contributed by atoms with Gasteiger partial charge in [0.2, 0.25) is 11.6 Å². The first-order chi connectivity index (χ1) is 32.0. The lowest BCUT2D eigenvalue weighted by Crippen LogP contribution is -2.29. The van der Waals surface area contributed by atoms with Gasteiger partial charge in [-0.3, -0.25) is 0 Å². The zero-order valence-corrected chi connectivity index (χ0v) is 35.0. The predicted molar refractivity (Wildman–Crippen MR) is 230 cm³/mol. The number of hydrogen-bond donors (Lipinski definition) is 3. The van der Waals surface area contributed by atoms with Crippen LogP contribution in [0.4, 0.5) is 35.1 Å². The number of aliphatic hydroxyl groups is 1. The van der Waals surface area contributed by atoms with E-state index >= 15 is 0 Å². The summed E-state index contributed by atoms with van der Waals surface area (Å²) in [5.41, 5.74) is 3.69. The van der Waals surface area contributed by atoms with Crippen LogP contribution in [0.2, 0.25) is 0 Å². The van der Waals surface area contributed by atoms with Crippen LogP contribution >= 0.6 is 0 Å². The Balaban J connectivity index is 0.000000187. The molecule has 0 aliphatic carbocycles. The first kappa shape index (κ1) is 49.1. The Labute approximate surface area is 377 Å². The van der Waals surface area contributed by atoms with Crippen LogP contribution in [0.15, 0.2) is 146 Å². The van der Waals surface area contributed by atoms with E-state index in [9.17, 15) is 35.1 Å². The maximum Gasteiger partial charge on any atom is 0.488 e. The molecular weight excluding hydrogens is 891 g/mol. The minimum Gasteiger partial charge on any atom is -0.492 e. The second-order valence-corrected chi connectivity index (χ2v) is 14.4. The highest BCUT2D eigenvalue weighted by Crippen LogP contribution is 2.31. The first-order valence-corrected chi connectivity index (χ1v) is 20.2. The summed E-state index contributed by atoms with van der Waals surface area (Å²) in [4.78, 5) is 2.69. The number of nitrogens with zero attached hydrogens (tertiary/aromatic N) is 8. The van der Waals surface area contributed by atoms with Gasteiger partial charge in [-0.1, -0.05) is 84.9 Å². The van der Waals surface area contributed by atoms with Crippen molar-refractivity contribution in [3.05, 3.63) is 191 Å². The molecule has 2 heterocycles. The molecule has 8 aromatic rings. The smallest absolute Gasteiger partial charge is 0.488 e. The minimum atomic E-state index is -4.36. The highest BCUT2D eigenvalue weighted by atomic mass is 19.4. The van der Waals surface area contributed by atoms with Crippen LogP contribution in [-0.4, -0.2) is 75.9 Å². The highest BCUT2D eigenvalue weighted by Gasteiger charge is 2.31. The number of hydrogen-bond acceptors (Lipinski definition) is 10. The summed E-state index contributed by atoms with van der Waals surface area (Å²) >= 11 is 0. The SMILES string of the molecule is Fc1ccc(OCCn2nnc(-c3ccccc3Cc3ccc(C(F)(F)F)cc3)n2)cc1.OB(O)c1ccc(F)cc1.OCCn1nnc(-c2ccccc2Cc2ccc(C(F)(F)F)cc2)n1. The fourth-order valence-corrected chi connectivity index (χ4v) is 6.24. The fraction of sp³-hybridized carbons (Fsp3) is 0.174. The normalized spacial score (nSPS) is 11.3. The molecule has 67 heavy (non-hydrogen) atoms. The van der Waals surface area contributed by atoms with Gasteiger partial charge in [-0.25, -0.2) is 8.78 Å². The maximum atomic E-state index is 12.9. The number of aliphatic hydroxyl groups excluding tert-OH is 1. The first-order valence-electron chi connectivity index (χ1n) is 20.2. The summed E-state index contributed by atoms with van der Waals surface area (Å²) < 4.78 is 107. The molecule has 0 atom stereocenters. The van der Waals surface area contributed by atoms with Crippen molar-refractivity contribution < 1.29 is 55.0 Å². The van der Waals surface area contributed by atoms with Gasteiger partial charge in [0, 0.05) is 11.1 Å². The van der Waals surface area contributed by atoms with Crippen molar-refractivity contribution in [3.63, 3.8) is 0 Å². The topological polar surface area (TPSA) is 157 Å². The van der Waals surface area contributed by atoms with E-state index in [-0.39, 0.29) is 31.4 Å². The van der Waals surface area contributed by atoms with E-state index in [0.29, 0.717) is 42.2 Å². The van der Waals surface area contributed by atoms with Gasteiger partial charge < -0.3 is 19.9 Å². The number of benzene rings is 6. The molecule has 3 N–H and O–H groups in total. The number of alkyl halides is 6. The molecular formula is C46H39BF8N8O4. The van der Waals surface area contributed by atoms with E-state index in [1.165, 1.54) is 82.4 Å². The van der Waals surface area contributed by atoms with E-state index in [4.69, 9.17) is 19.9 Å². The molecule has 0 fully saturated rings. The standard InChI is InChI=1S/C23H18F4N4O.C17H15F3N4O.C6H6BFO2/c24-19-9-11-20(12-10-19)32-14-13-31-29-22(28-30-31)21-4-2-1-3-17(21)15-16-5-7-18(8-6-16)23(25,26)27;18-17(19,20)14-7-5-12(6-8-14)11-13-3-1-2-4-15(13)16-21-23-24(22-16)9-10-25;8-6-3-1-5(2-4-6)7(9)10/h1-12H,13-15H2;1-8,25H,9-11H2;1-4,9-10H. The van der Waals surface area contributed by atoms with Crippen LogP contribution in [0, 0.1) is 11.6 Å². The molecule has 21 heteroatoms. The maximum absolute atomic E-state index is 12.9. The Morgan fingerprint density at radius 1 is 0.522 bits per heavy atom.